The quantitative estimate of drug-likeness (QED) is 0.0940. The molecule has 0 amide bonds. The molecular weight excluding hydrogens is 837 g/mol. The minimum Gasteiger partial charge on any atom is -0.456 e. The van der Waals surface area contributed by atoms with Crippen LogP contribution in [0.2, 0.25) is 0 Å². The van der Waals surface area contributed by atoms with Crippen molar-refractivity contribution in [3.05, 3.63) is 11.6 Å². The van der Waals surface area contributed by atoms with Crippen LogP contribution in [0.1, 0.15) is 120 Å². The molecule has 7 rings (SSSR count). The number of ether oxygens (including phenoxy) is 10. The zero-order valence-corrected chi connectivity index (χ0v) is 39.7. The molecule has 7 aliphatic rings. The normalized spacial score (nSPS) is 52.6. The van der Waals surface area contributed by atoms with Crippen LogP contribution in [0.15, 0.2) is 11.6 Å². The van der Waals surface area contributed by atoms with E-state index in [2.05, 4.69) is 6.92 Å². The Morgan fingerprint density at radius 1 is 0.719 bits per heavy atom. The maximum Gasteiger partial charge on any atom is 0.333 e. The van der Waals surface area contributed by atoms with Crippen LogP contribution in [0.25, 0.3) is 0 Å². The molecule has 0 bridgehead atoms. The van der Waals surface area contributed by atoms with Gasteiger partial charge in [-0.15, -0.1) is 0 Å². The third-order valence-electron chi connectivity index (χ3n) is 17.8. The van der Waals surface area contributed by atoms with Gasteiger partial charge in [-0.1, -0.05) is 19.9 Å². The Bertz CT molecular complexity index is 1670. The molecule has 3 saturated heterocycles. The summed E-state index contributed by atoms with van der Waals surface area (Å²) in [5.74, 6) is -0.890. The van der Waals surface area contributed by atoms with Crippen LogP contribution in [-0.4, -0.2) is 173 Å². The van der Waals surface area contributed by atoms with Crippen LogP contribution in [0.3, 0.4) is 0 Å². The van der Waals surface area contributed by atoms with Crippen LogP contribution < -0.4 is 0 Å². The number of carbonyl (C=O) groups is 1. The van der Waals surface area contributed by atoms with E-state index < -0.39 is 126 Å². The number of methoxy groups -OCH3 is 3. The highest BCUT2D eigenvalue weighted by Crippen LogP contribution is 2.72. The molecule has 6 N–H and O–H groups in total. The predicted molar refractivity (Wildman–Crippen MR) is 227 cm³/mol. The van der Waals surface area contributed by atoms with E-state index in [9.17, 15) is 35.4 Å². The van der Waals surface area contributed by atoms with Gasteiger partial charge >= 0.3 is 5.97 Å². The molecule has 368 valence electrons. The number of rotatable bonds is 12. The fraction of sp³-hybridized carbons (Fsp3) is 0.936. The van der Waals surface area contributed by atoms with Gasteiger partial charge in [-0.2, -0.15) is 0 Å². The number of allylic oxidation sites excluding steroid dienone is 1. The maximum absolute atomic E-state index is 12.8. The molecule has 17 heteroatoms. The topological polar surface area (TPSA) is 231 Å². The highest BCUT2D eigenvalue weighted by Gasteiger charge is 2.81. The van der Waals surface area contributed by atoms with E-state index in [1.165, 1.54) is 7.11 Å². The molecule has 4 saturated carbocycles. The maximum atomic E-state index is 12.8. The molecule has 0 aromatic carbocycles. The van der Waals surface area contributed by atoms with Gasteiger partial charge < -0.3 is 78.0 Å². The number of hydrogen-bond donors (Lipinski definition) is 6. The van der Waals surface area contributed by atoms with E-state index in [4.69, 9.17) is 47.4 Å². The second-order valence-electron chi connectivity index (χ2n) is 20.7. The number of carbonyl (C=O) groups excluding carboxylic acids is 1. The summed E-state index contributed by atoms with van der Waals surface area (Å²) < 4.78 is 61.1. The molecule has 4 aliphatic carbocycles. The van der Waals surface area contributed by atoms with Gasteiger partial charge in [0.05, 0.1) is 53.7 Å². The number of hydrogen-bond acceptors (Lipinski definition) is 17. The van der Waals surface area contributed by atoms with Gasteiger partial charge in [0.25, 0.3) is 0 Å². The molecule has 7 fully saturated rings. The molecule has 0 spiro atoms. The fourth-order valence-electron chi connectivity index (χ4n) is 13.5. The minimum atomic E-state index is -1.83. The Morgan fingerprint density at radius 2 is 1.33 bits per heavy atom. The Balaban J connectivity index is 0.959. The average molecular weight is 915 g/mol. The Morgan fingerprint density at radius 3 is 1.92 bits per heavy atom. The first-order valence-electron chi connectivity index (χ1n) is 23.6. The largest absolute Gasteiger partial charge is 0.456 e. The third kappa shape index (κ3) is 8.14. The Labute approximate surface area is 378 Å². The van der Waals surface area contributed by atoms with Gasteiger partial charge in [0, 0.05) is 39.7 Å². The van der Waals surface area contributed by atoms with Crippen molar-refractivity contribution in [2.24, 2.45) is 22.7 Å². The molecule has 3 heterocycles. The van der Waals surface area contributed by atoms with Gasteiger partial charge in [0.2, 0.25) is 0 Å². The predicted octanol–water partition coefficient (Wildman–Crippen LogP) is 2.80. The first-order chi connectivity index (χ1) is 30.1. The summed E-state index contributed by atoms with van der Waals surface area (Å²) in [5.41, 5.74) is -6.81. The monoisotopic (exact) mass is 915 g/mol. The highest BCUT2D eigenvalue weighted by atomic mass is 16.8. The molecule has 17 nitrogen and oxygen atoms in total. The SMILES string of the molecule is C/C=C(\C)C(=O)O[C@@H](C)[C@]1(O)CC[C@@]2(O)[C@]1(C)[C@H](O)C[C@@H]1[C@@]3(C)CC[C@H](O[C@H]4C[C@H](OC)[C@H](O[C@H]5C[C@H](OC)[C@H](O[C@@H]6O[C@H](C)[C@@H](O)[C@H](OC)[C@H]6O)[C@@H](C)O5)[C@@H](C)O4)C[C@@H]3CC[C@]12O. The van der Waals surface area contributed by atoms with Gasteiger partial charge in [0.15, 0.2) is 18.9 Å². The third-order valence-corrected chi connectivity index (χ3v) is 17.8. The van der Waals surface area contributed by atoms with Crippen molar-refractivity contribution in [3.8, 4) is 0 Å². The molecular formula is C47H78O17. The van der Waals surface area contributed by atoms with E-state index in [1.54, 1.807) is 54.9 Å². The van der Waals surface area contributed by atoms with Crippen LogP contribution in [0.4, 0.5) is 0 Å². The van der Waals surface area contributed by atoms with E-state index in [-0.39, 0.29) is 37.4 Å². The van der Waals surface area contributed by atoms with Gasteiger partial charge in [-0.25, -0.2) is 4.79 Å². The summed E-state index contributed by atoms with van der Waals surface area (Å²) in [4.78, 5) is 12.8. The zero-order valence-electron chi connectivity index (χ0n) is 39.7. The van der Waals surface area contributed by atoms with E-state index in [1.807, 2.05) is 13.8 Å². The van der Waals surface area contributed by atoms with E-state index in [0.717, 1.165) is 0 Å². The van der Waals surface area contributed by atoms with Crippen molar-refractivity contribution in [2.45, 2.75) is 235 Å². The molecule has 0 aromatic rings. The standard InChI is InChI=1S/C47H78O17/c1-12-23(2)41(51)61-27(6)45(52)17-18-47(54)44(45,8)33(48)22-32-43(7)15-14-29(19-28(43)13-16-46(32,47)53)62-34-20-30(55-9)38(25(4)58-34)63-35-21-31(56-10)39(26(5)59-35)64-42-37(50)40(57-11)36(49)24(3)60-42/h12,24-40,42,48-50,52-54H,13-22H2,1-11H3/b23-12+/t24-,25-,26-,27+,28+,29+,30+,31+,32-,33-,34+,35+,36-,37-,38-,39-,40+,42+,43+,44-,45-,46+,47-/m1/s1. The lowest BCUT2D eigenvalue weighted by Crippen LogP contribution is -2.79. The lowest BCUT2D eigenvalue weighted by atomic mass is 9.40. The molecule has 64 heavy (non-hydrogen) atoms. The summed E-state index contributed by atoms with van der Waals surface area (Å²) in [7, 11) is 4.63. The van der Waals surface area contributed by atoms with Crippen molar-refractivity contribution in [3.63, 3.8) is 0 Å². The number of esters is 1. The highest BCUT2D eigenvalue weighted by molar-refractivity contribution is 5.87. The van der Waals surface area contributed by atoms with Crippen molar-refractivity contribution >= 4 is 5.97 Å². The first-order valence-corrected chi connectivity index (χ1v) is 23.6. The summed E-state index contributed by atoms with van der Waals surface area (Å²) in [6.07, 6.45) is -5.69. The van der Waals surface area contributed by atoms with Gasteiger partial charge in [-0.3, -0.25) is 0 Å². The summed E-state index contributed by atoms with van der Waals surface area (Å²) in [6, 6.07) is 0. The van der Waals surface area contributed by atoms with Crippen molar-refractivity contribution < 1.29 is 82.8 Å². The fourth-order valence-corrected chi connectivity index (χ4v) is 13.5. The van der Waals surface area contributed by atoms with Crippen molar-refractivity contribution in [1.82, 2.24) is 0 Å². The van der Waals surface area contributed by atoms with Crippen molar-refractivity contribution in [1.29, 1.82) is 0 Å². The molecule has 3 aliphatic heterocycles. The van der Waals surface area contributed by atoms with Crippen LogP contribution >= 0.6 is 0 Å². The lowest BCUT2D eigenvalue weighted by molar-refractivity contribution is -0.353. The van der Waals surface area contributed by atoms with E-state index in [0.29, 0.717) is 50.5 Å². The smallest absolute Gasteiger partial charge is 0.333 e. The van der Waals surface area contributed by atoms with Crippen molar-refractivity contribution in [2.75, 3.05) is 21.3 Å². The van der Waals surface area contributed by atoms with Crippen LogP contribution in [0.5, 0.6) is 0 Å². The Kier molecular flexibility index (Phi) is 14.9. The van der Waals surface area contributed by atoms with Gasteiger partial charge in [0.1, 0.15) is 47.8 Å². The number of fused-ring (bicyclic) bond motifs is 5. The molecule has 23 atom stereocenters. The lowest BCUT2D eigenvalue weighted by Gasteiger charge is -2.69. The summed E-state index contributed by atoms with van der Waals surface area (Å²) in [5, 5.41) is 71.3. The average Bonchev–Trinajstić information content (AvgIpc) is 3.49. The van der Waals surface area contributed by atoms with E-state index >= 15 is 0 Å². The first kappa shape index (κ1) is 50.5. The molecule has 0 unspecified atom stereocenters. The summed E-state index contributed by atoms with van der Waals surface area (Å²) in [6.45, 7) is 14.2. The van der Waals surface area contributed by atoms with Crippen LogP contribution in [0, 0.1) is 22.7 Å². The molecule has 0 radical (unpaired) electrons. The summed E-state index contributed by atoms with van der Waals surface area (Å²) >= 11 is 0. The van der Waals surface area contributed by atoms with Gasteiger partial charge in [-0.05, 0) is 110 Å². The Hall–Kier alpha value is -1.39. The van der Waals surface area contributed by atoms with Crippen LogP contribution in [-0.2, 0) is 52.2 Å². The zero-order chi connectivity index (χ0) is 46.9. The number of aliphatic hydroxyl groups excluding tert-OH is 3. The number of aliphatic hydroxyl groups is 6. The second-order valence-corrected chi connectivity index (χ2v) is 20.7. The minimum absolute atomic E-state index is 0.0553. The second kappa shape index (κ2) is 18.8. The molecule has 0 aromatic heterocycles.